The summed E-state index contributed by atoms with van der Waals surface area (Å²) in [4.78, 5) is 38.1. The van der Waals surface area contributed by atoms with Gasteiger partial charge in [-0.15, -0.1) is 11.8 Å². The van der Waals surface area contributed by atoms with Crippen LogP contribution in [0.25, 0.3) is 0 Å². The van der Waals surface area contributed by atoms with Gasteiger partial charge in [0.15, 0.2) is 0 Å². The minimum atomic E-state index is -4.20. The van der Waals surface area contributed by atoms with Gasteiger partial charge < -0.3 is 19.5 Å². The number of aliphatic hydroxyl groups excluding tert-OH is 1. The van der Waals surface area contributed by atoms with Crippen LogP contribution in [-0.2, 0) is 18.6 Å². The molecule has 2 heterocycles. The van der Waals surface area contributed by atoms with E-state index in [1.807, 2.05) is 0 Å². The van der Waals surface area contributed by atoms with Crippen LogP contribution in [0.2, 0.25) is 0 Å². The molecule has 6 atom stereocenters. The molecule has 1 aliphatic rings. The summed E-state index contributed by atoms with van der Waals surface area (Å²) in [6.45, 7) is 5.76. The van der Waals surface area contributed by atoms with Gasteiger partial charge in [-0.25, -0.2) is 9.36 Å². The summed E-state index contributed by atoms with van der Waals surface area (Å²) in [6, 6.07) is 8.24. The number of aliphatic hydroxyl groups is 2. The second-order valence-electron chi connectivity index (χ2n) is 8.75. The fourth-order valence-corrected chi connectivity index (χ4v) is 6.73. The highest BCUT2D eigenvalue weighted by Crippen LogP contribution is 2.51. The summed E-state index contributed by atoms with van der Waals surface area (Å²) in [5.74, 6) is -0.455. The molecule has 4 N–H and O–H groups in total. The predicted molar refractivity (Wildman–Crippen MR) is 133 cm³/mol. The molecular formula is C22H30N3O9PS. The zero-order valence-corrected chi connectivity index (χ0v) is 21.9. The van der Waals surface area contributed by atoms with E-state index in [1.54, 1.807) is 44.2 Å². The topological polar surface area (TPSA) is 169 Å². The predicted octanol–water partition coefficient (Wildman–Crippen LogP) is 1.40. The Balaban J connectivity index is 1.80. The maximum absolute atomic E-state index is 13.6. The van der Waals surface area contributed by atoms with Crippen LogP contribution in [0.5, 0.6) is 5.75 Å². The van der Waals surface area contributed by atoms with Gasteiger partial charge in [0.2, 0.25) is 0 Å². The number of esters is 1. The molecule has 198 valence electrons. The Labute approximate surface area is 211 Å². The highest BCUT2D eigenvalue weighted by atomic mass is 32.2. The van der Waals surface area contributed by atoms with Gasteiger partial charge in [0.25, 0.3) is 5.56 Å². The van der Waals surface area contributed by atoms with Crippen molar-refractivity contribution in [1.29, 1.82) is 0 Å². The van der Waals surface area contributed by atoms with Gasteiger partial charge in [-0.05, 0) is 39.8 Å². The van der Waals surface area contributed by atoms with Crippen molar-refractivity contribution in [2.45, 2.75) is 62.2 Å². The molecule has 1 fully saturated rings. The average Bonchev–Trinajstić information content (AvgIpc) is 3.01. The quantitative estimate of drug-likeness (QED) is 0.252. The number of rotatable bonds is 10. The van der Waals surface area contributed by atoms with Gasteiger partial charge in [0.05, 0.1) is 24.1 Å². The minimum absolute atomic E-state index is 0.210. The van der Waals surface area contributed by atoms with E-state index in [4.69, 9.17) is 13.8 Å². The Bertz CT molecular complexity index is 1220. The zero-order chi connectivity index (χ0) is 26.7. The third-order valence-electron chi connectivity index (χ3n) is 5.29. The van der Waals surface area contributed by atoms with Crippen molar-refractivity contribution >= 4 is 25.5 Å². The first-order valence-corrected chi connectivity index (χ1v) is 13.7. The summed E-state index contributed by atoms with van der Waals surface area (Å²) < 4.78 is 31.1. The van der Waals surface area contributed by atoms with Crippen molar-refractivity contribution in [2.24, 2.45) is 0 Å². The van der Waals surface area contributed by atoms with E-state index in [0.717, 1.165) is 22.4 Å². The van der Waals surface area contributed by atoms with E-state index in [1.165, 1.54) is 20.0 Å². The molecule has 1 saturated heterocycles. The first kappa shape index (κ1) is 28.2. The number of nitrogens with zero attached hydrogens (tertiary/aromatic N) is 1. The molecule has 0 spiro atoms. The Hall–Kier alpha value is -2.41. The molecule has 14 heteroatoms. The number of thioether (sulfide) groups is 1. The van der Waals surface area contributed by atoms with Crippen LogP contribution in [0.4, 0.5) is 0 Å². The number of H-pyrrole nitrogens is 1. The number of carbonyl (C=O) groups is 1. The number of hydrogen-bond acceptors (Lipinski definition) is 10. The average molecular weight is 544 g/mol. The van der Waals surface area contributed by atoms with Crippen LogP contribution in [0.1, 0.15) is 33.1 Å². The summed E-state index contributed by atoms with van der Waals surface area (Å²) in [7, 11) is -4.20. The minimum Gasteiger partial charge on any atom is -0.462 e. The molecule has 0 radical (unpaired) electrons. The van der Waals surface area contributed by atoms with Crippen molar-refractivity contribution in [3.8, 4) is 5.75 Å². The van der Waals surface area contributed by atoms with E-state index < -0.39 is 59.4 Å². The molecule has 36 heavy (non-hydrogen) atoms. The van der Waals surface area contributed by atoms with Gasteiger partial charge in [-0.1, -0.05) is 18.2 Å². The first-order valence-electron chi connectivity index (χ1n) is 11.2. The van der Waals surface area contributed by atoms with E-state index in [2.05, 4.69) is 10.1 Å². The van der Waals surface area contributed by atoms with Crippen LogP contribution in [0, 0.1) is 0 Å². The summed E-state index contributed by atoms with van der Waals surface area (Å²) in [5.41, 5.74) is -3.16. The number of hydrogen-bond donors (Lipinski definition) is 4. The van der Waals surface area contributed by atoms with Crippen molar-refractivity contribution in [2.75, 3.05) is 6.61 Å². The lowest BCUT2D eigenvalue weighted by atomic mass is 9.96. The van der Waals surface area contributed by atoms with Crippen LogP contribution in [0.3, 0.4) is 0 Å². The largest absolute Gasteiger partial charge is 0.462 e. The van der Waals surface area contributed by atoms with Crippen LogP contribution < -0.4 is 20.9 Å². The standard InChI is InChI=1S/C22H30N3O9PS/c1-13(2)33-19(28)14(3)24-35(31,34-15-8-6-5-7-9-15)32-12-16-18(27)22(4,30)20(36-16)25-11-10-17(26)23-21(25)29/h5-11,13-14,16,18,20,27,30H,12H2,1-4H3,(H,24,31)(H,23,26,29). The molecule has 1 aliphatic heterocycles. The molecule has 3 rings (SSSR count). The Kier molecular flexibility index (Phi) is 8.86. The lowest BCUT2D eigenvalue weighted by molar-refractivity contribution is -0.149. The second-order valence-corrected chi connectivity index (χ2v) is 11.8. The number of aromatic nitrogens is 2. The van der Waals surface area contributed by atoms with Crippen molar-refractivity contribution < 1.29 is 33.4 Å². The summed E-state index contributed by atoms with van der Waals surface area (Å²) in [6.07, 6.45) is -0.576. The number of ether oxygens (including phenoxy) is 1. The molecule has 0 aliphatic carbocycles. The summed E-state index contributed by atoms with van der Waals surface area (Å²) >= 11 is 0.999. The van der Waals surface area contributed by atoms with Gasteiger partial charge in [-0.2, -0.15) is 5.09 Å². The normalized spacial score (nSPS) is 26.4. The van der Waals surface area contributed by atoms with Gasteiger partial charge in [0, 0.05) is 12.3 Å². The third kappa shape index (κ3) is 6.67. The van der Waals surface area contributed by atoms with Crippen LogP contribution in [-0.4, -0.2) is 61.4 Å². The fraction of sp³-hybridized carbons (Fsp3) is 0.500. The molecule has 0 amide bonds. The third-order valence-corrected chi connectivity index (χ3v) is 8.64. The fourth-order valence-electron chi connectivity index (χ4n) is 3.50. The maximum Gasteiger partial charge on any atom is 0.459 e. The Morgan fingerprint density at radius 3 is 2.53 bits per heavy atom. The van der Waals surface area contributed by atoms with E-state index in [9.17, 15) is 29.2 Å². The van der Waals surface area contributed by atoms with Crippen LogP contribution in [0.15, 0.2) is 52.2 Å². The van der Waals surface area contributed by atoms with E-state index in [0.29, 0.717) is 0 Å². The molecule has 6 unspecified atom stereocenters. The smallest absolute Gasteiger partial charge is 0.459 e. The van der Waals surface area contributed by atoms with Gasteiger partial charge >= 0.3 is 19.4 Å². The molecule has 1 aromatic heterocycles. The SMILES string of the molecule is CC(C)OC(=O)C(C)NP(=O)(OCC1SC(n2ccc(=O)[nH]c2=O)C(C)(O)C1O)Oc1ccccc1. The molecule has 12 nitrogen and oxygen atoms in total. The van der Waals surface area contributed by atoms with Crippen molar-refractivity contribution in [1.82, 2.24) is 14.6 Å². The number of nitrogens with one attached hydrogen (secondary N) is 2. The van der Waals surface area contributed by atoms with Crippen LogP contribution >= 0.6 is 19.5 Å². The van der Waals surface area contributed by atoms with Crippen molar-refractivity contribution in [3.05, 3.63) is 63.4 Å². The van der Waals surface area contributed by atoms with E-state index >= 15 is 0 Å². The number of aromatic amines is 1. The zero-order valence-electron chi connectivity index (χ0n) is 20.2. The molecule has 0 saturated carbocycles. The molecule has 2 aromatic rings. The monoisotopic (exact) mass is 543 g/mol. The van der Waals surface area contributed by atoms with Gasteiger partial charge in [-0.3, -0.25) is 23.7 Å². The maximum atomic E-state index is 13.6. The highest BCUT2D eigenvalue weighted by molar-refractivity contribution is 8.00. The second kappa shape index (κ2) is 11.3. The molecular weight excluding hydrogens is 513 g/mol. The number of para-hydroxylation sites is 1. The lowest BCUT2D eigenvalue weighted by Crippen LogP contribution is -2.46. The first-order chi connectivity index (χ1) is 16.8. The van der Waals surface area contributed by atoms with Gasteiger partial charge in [0.1, 0.15) is 22.8 Å². The van der Waals surface area contributed by atoms with E-state index in [-0.39, 0.29) is 12.4 Å². The highest BCUT2D eigenvalue weighted by Gasteiger charge is 2.53. The Morgan fingerprint density at radius 2 is 1.92 bits per heavy atom. The summed E-state index contributed by atoms with van der Waals surface area (Å²) in [5, 5.41) is 22.5. The molecule has 0 bridgehead atoms. The number of benzene rings is 1. The van der Waals surface area contributed by atoms with Crippen molar-refractivity contribution in [3.63, 3.8) is 0 Å². The lowest BCUT2D eigenvalue weighted by Gasteiger charge is -2.29. The molecule has 1 aromatic carbocycles. The number of carbonyl (C=O) groups excluding carboxylic acids is 1. The Morgan fingerprint density at radius 1 is 1.25 bits per heavy atom.